The van der Waals surface area contributed by atoms with E-state index < -0.39 is 4.90 Å². The van der Waals surface area contributed by atoms with Crippen molar-refractivity contribution in [3.63, 3.8) is 0 Å². The summed E-state index contributed by atoms with van der Waals surface area (Å²) in [7, 11) is 0. The van der Waals surface area contributed by atoms with Crippen molar-refractivity contribution >= 4 is 28.5 Å². The fourth-order valence-corrected chi connectivity index (χ4v) is 3.73. The Labute approximate surface area is 184 Å². The molecule has 2 aromatic carbocycles. The van der Waals surface area contributed by atoms with E-state index in [1.165, 1.54) is 24.3 Å². The second-order valence-corrected chi connectivity index (χ2v) is 7.37. The van der Waals surface area contributed by atoms with Crippen molar-refractivity contribution < 1.29 is 19.5 Å². The lowest BCUT2D eigenvalue weighted by Crippen LogP contribution is -2.10. The summed E-state index contributed by atoms with van der Waals surface area (Å²) >= 11 is 0. The Morgan fingerprint density at radius 1 is 1.00 bits per heavy atom. The van der Waals surface area contributed by atoms with E-state index in [9.17, 15) is 20.3 Å². The van der Waals surface area contributed by atoms with E-state index >= 15 is 0 Å². The van der Waals surface area contributed by atoms with Crippen molar-refractivity contribution in [2.24, 2.45) is 0 Å². The maximum absolute atomic E-state index is 12.6. The van der Waals surface area contributed by atoms with Gasteiger partial charge in [-0.1, -0.05) is 48.5 Å². The monoisotopic (exact) mass is 429 g/mol. The van der Waals surface area contributed by atoms with E-state index in [0.717, 1.165) is 22.0 Å². The summed E-state index contributed by atoms with van der Waals surface area (Å²) in [5, 5.41) is 33.7. The molecule has 1 aromatic heterocycles. The molecule has 1 aliphatic carbocycles. The molecule has 0 radical (unpaired) electrons. The number of carbonyl (C=O) groups is 1. The molecule has 0 saturated carbocycles. The third kappa shape index (κ3) is 4.13. The summed E-state index contributed by atoms with van der Waals surface area (Å²) < 4.78 is 7.09. The van der Waals surface area contributed by atoms with Gasteiger partial charge in [-0.25, -0.2) is 0 Å². The highest BCUT2D eigenvalue weighted by molar-refractivity contribution is 6.03. The molecule has 3 aromatic rings. The number of hydrogen-bond acceptors (Lipinski definition) is 5. The average molecular weight is 429 g/mol. The van der Waals surface area contributed by atoms with E-state index in [4.69, 9.17) is 4.74 Å². The number of ether oxygens (including phenoxy) is 1. The number of para-hydroxylation sites is 1. The number of benzene rings is 2. The normalized spacial score (nSPS) is 12.9. The van der Waals surface area contributed by atoms with Gasteiger partial charge in [-0.05, 0) is 36.3 Å². The highest BCUT2D eigenvalue weighted by Gasteiger charge is 2.20. The van der Waals surface area contributed by atoms with Gasteiger partial charge >= 0.3 is 5.97 Å². The fourth-order valence-electron chi connectivity index (χ4n) is 3.73. The zero-order valence-electron chi connectivity index (χ0n) is 17.4. The maximum atomic E-state index is 12.6. The summed E-state index contributed by atoms with van der Waals surface area (Å²) in [6.45, 7) is 2.01. The Kier molecular flexibility index (Phi) is 5.81. The van der Waals surface area contributed by atoms with Gasteiger partial charge in [0.1, 0.15) is 6.61 Å². The summed E-state index contributed by atoms with van der Waals surface area (Å²) in [6.07, 6.45) is 5.73. The molecule has 0 atom stereocenters. The standard InChI is InChI=1S/C25H21N2O5/c1-17-22(15-24(28)32-16-18-7-3-2-4-8-18)21-9-5-6-10-23(21)26(17)25(29)19-11-13-20(14-12-19)27(30)31/h2-14H,15-16H2,1H3,(H-,29,30,31)/q-1. The van der Waals surface area contributed by atoms with Crippen LogP contribution in [0.15, 0.2) is 84.5 Å². The van der Waals surface area contributed by atoms with Gasteiger partial charge in [-0.15, -0.1) is 0 Å². The molecular formula is C25H21N2O5-. The summed E-state index contributed by atoms with van der Waals surface area (Å²) in [4.78, 5) is 12.1. The molecule has 162 valence electrons. The van der Waals surface area contributed by atoms with Crippen LogP contribution < -0.4 is 0 Å². The van der Waals surface area contributed by atoms with Crippen LogP contribution in [0.1, 0.15) is 16.8 Å². The number of nitrogens with zero attached hydrogens (tertiary/aromatic N) is 2. The first-order valence-corrected chi connectivity index (χ1v) is 10.1. The van der Waals surface area contributed by atoms with Crippen LogP contribution >= 0.6 is 0 Å². The molecule has 0 aliphatic heterocycles. The summed E-state index contributed by atoms with van der Waals surface area (Å²) in [6, 6.07) is 16.9. The summed E-state index contributed by atoms with van der Waals surface area (Å²) in [5.74, 6) is -0.438. The minimum Gasteiger partial charge on any atom is -0.612 e. The SMILES string of the molecule is Cc1c(CC(=O)OCc2ccccc2)c2ccccc2n1C(O)=C1C=CC(=[N+]([O-])[O-])C=C1. The lowest BCUT2D eigenvalue weighted by atomic mass is 10.1. The van der Waals surface area contributed by atoms with E-state index in [1.54, 1.807) is 4.57 Å². The van der Waals surface area contributed by atoms with E-state index in [-0.39, 0.29) is 30.6 Å². The predicted molar refractivity (Wildman–Crippen MR) is 123 cm³/mol. The van der Waals surface area contributed by atoms with Crippen LogP contribution in [-0.4, -0.2) is 26.3 Å². The third-order valence-electron chi connectivity index (χ3n) is 5.35. The second kappa shape index (κ2) is 8.85. The van der Waals surface area contributed by atoms with Crippen LogP contribution in [-0.2, 0) is 22.6 Å². The zero-order valence-corrected chi connectivity index (χ0v) is 17.4. The zero-order chi connectivity index (χ0) is 22.7. The van der Waals surface area contributed by atoms with Crippen LogP contribution in [0, 0.1) is 17.3 Å². The molecule has 1 heterocycles. The maximum Gasteiger partial charge on any atom is 0.310 e. The number of aliphatic hydroxyl groups excluding tert-OH is 1. The van der Waals surface area contributed by atoms with Gasteiger partial charge in [0.15, 0.2) is 0 Å². The minimum absolute atomic E-state index is 0.0553. The van der Waals surface area contributed by atoms with Crippen molar-refractivity contribution in [1.82, 2.24) is 4.57 Å². The molecule has 1 N–H and O–H groups in total. The van der Waals surface area contributed by atoms with Crippen LogP contribution in [0.4, 0.5) is 0 Å². The largest absolute Gasteiger partial charge is 0.612 e. The Bertz CT molecular complexity index is 1270. The van der Waals surface area contributed by atoms with Gasteiger partial charge in [-0.2, -0.15) is 4.90 Å². The number of aromatic nitrogens is 1. The molecule has 32 heavy (non-hydrogen) atoms. The molecule has 0 bridgehead atoms. The Balaban J connectivity index is 1.66. The fraction of sp³-hybridized carbons (Fsp3) is 0.120. The van der Waals surface area contributed by atoms with Crippen molar-refractivity contribution in [1.29, 1.82) is 0 Å². The number of rotatable bonds is 5. The van der Waals surface area contributed by atoms with E-state index in [1.807, 2.05) is 61.5 Å². The lowest BCUT2D eigenvalue weighted by molar-refractivity contribution is -0.377. The Hall–Kier alpha value is -4.26. The van der Waals surface area contributed by atoms with Gasteiger partial charge < -0.3 is 20.3 Å². The smallest absolute Gasteiger partial charge is 0.310 e. The van der Waals surface area contributed by atoms with Gasteiger partial charge in [0.05, 0.1) is 11.9 Å². The summed E-state index contributed by atoms with van der Waals surface area (Å²) in [5.41, 5.74) is 3.46. The van der Waals surface area contributed by atoms with Gasteiger partial charge in [0.2, 0.25) is 11.6 Å². The predicted octanol–water partition coefficient (Wildman–Crippen LogP) is 4.54. The molecule has 0 fully saturated rings. The molecular weight excluding hydrogens is 408 g/mol. The van der Waals surface area contributed by atoms with E-state index in [2.05, 4.69) is 0 Å². The Morgan fingerprint density at radius 3 is 2.34 bits per heavy atom. The number of esters is 1. The first-order valence-electron chi connectivity index (χ1n) is 10.1. The number of allylic oxidation sites excluding steroid dienone is 5. The molecule has 4 rings (SSSR count). The molecule has 7 heteroatoms. The van der Waals surface area contributed by atoms with Crippen LogP contribution in [0.25, 0.3) is 16.8 Å². The van der Waals surface area contributed by atoms with Gasteiger partial charge in [0.25, 0.3) is 0 Å². The van der Waals surface area contributed by atoms with Crippen LogP contribution in [0.3, 0.4) is 0 Å². The first kappa shape index (κ1) is 21.0. The lowest BCUT2D eigenvalue weighted by Gasteiger charge is -2.12. The first-order chi connectivity index (χ1) is 15.5. The van der Waals surface area contributed by atoms with Crippen molar-refractivity contribution in [3.8, 4) is 0 Å². The third-order valence-corrected chi connectivity index (χ3v) is 5.35. The van der Waals surface area contributed by atoms with Gasteiger partial charge in [-0.3, -0.25) is 9.36 Å². The molecule has 0 spiro atoms. The topological polar surface area (TPSA) is 101 Å². The average Bonchev–Trinajstić information content (AvgIpc) is 3.09. The molecule has 0 unspecified atom stereocenters. The number of hydrogen-bond donors (Lipinski definition) is 1. The second-order valence-electron chi connectivity index (χ2n) is 7.37. The highest BCUT2D eigenvalue weighted by atomic mass is 16.8. The number of carbonyl (C=O) groups excluding carboxylic acids is 1. The van der Waals surface area contributed by atoms with Crippen LogP contribution in [0.5, 0.6) is 0 Å². The van der Waals surface area contributed by atoms with Gasteiger partial charge in [0, 0.05) is 28.8 Å². The quantitative estimate of drug-likeness (QED) is 0.278. The molecule has 1 aliphatic rings. The molecule has 0 amide bonds. The highest BCUT2D eigenvalue weighted by Crippen LogP contribution is 2.30. The minimum atomic E-state index is -0.490. The number of aliphatic hydroxyl groups is 1. The molecule has 7 nitrogen and oxygen atoms in total. The van der Waals surface area contributed by atoms with E-state index in [0.29, 0.717) is 11.3 Å². The van der Waals surface area contributed by atoms with Crippen molar-refractivity contribution in [3.05, 3.63) is 112 Å². The van der Waals surface area contributed by atoms with Crippen LogP contribution in [0.2, 0.25) is 0 Å². The Morgan fingerprint density at radius 2 is 1.66 bits per heavy atom. The van der Waals surface area contributed by atoms with Crippen molar-refractivity contribution in [2.75, 3.05) is 0 Å². The number of fused-ring (bicyclic) bond motifs is 1. The molecule has 0 saturated heterocycles. The van der Waals surface area contributed by atoms with Crippen molar-refractivity contribution in [2.45, 2.75) is 20.0 Å².